The van der Waals surface area contributed by atoms with Crippen molar-refractivity contribution in [2.45, 2.75) is 11.4 Å². The molecule has 3 aromatic carbocycles. The van der Waals surface area contributed by atoms with E-state index >= 15 is 0 Å². The highest BCUT2D eigenvalue weighted by molar-refractivity contribution is 7.92. The van der Waals surface area contributed by atoms with Crippen LogP contribution >= 0.6 is 11.6 Å². The minimum atomic E-state index is -4.12. The molecule has 0 fully saturated rings. The van der Waals surface area contributed by atoms with Gasteiger partial charge in [-0.25, -0.2) is 21.6 Å². The molecule has 0 heterocycles. The molecule has 140 valence electrons. The number of hydrogen-bond donors (Lipinski definition) is 0. The molecule has 8 heteroatoms. The van der Waals surface area contributed by atoms with Crippen LogP contribution in [0.25, 0.3) is 0 Å². The third kappa shape index (κ3) is 4.26. The number of rotatable bonds is 5. The van der Waals surface area contributed by atoms with Gasteiger partial charge in [0.05, 0.1) is 17.1 Å². The molecule has 0 aromatic heterocycles. The Morgan fingerprint density at radius 3 is 2.00 bits per heavy atom. The van der Waals surface area contributed by atoms with Crippen molar-refractivity contribution < 1.29 is 21.6 Å². The van der Waals surface area contributed by atoms with Crippen LogP contribution in [-0.4, -0.2) is 8.42 Å². The lowest BCUT2D eigenvalue weighted by molar-refractivity contribution is 0.569. The van der Waals surface area contributed by atoms with Crippen LogP contribution in [0.5, 0.6) is 0 Å². The zero-order chi connectivity index (χ0) is 19.6. The molecule has 0 saturated heterocycles. The highest BCUT2D eigenvalue weighted by Crippen LogP contribution is 2.27. The fraction of sp³-hybridized carbons (Fsp3) is 0.0526. The molecule has 0 N–H and O–H groups in total. The first-order valence-corrected chi connectivity index (χ1v) is 9.57. The van der Waals surface area contributed by atoms with E-state index < -0.39 is 34.0 Å². The molecular formula is C19H13ClF3NO2S. The Morgan fingerprint density at radius 1 is 0.815 bits per heavy atom. The standard InChI is InChI=1S/C19H13ClF3NO2S/c20-14-2-9-18(10-3-14)27(25,26)24(17-7-5-15(21)6-8-17)12-13-1-4-16(22)11-19(13)23/h1-11H,12H2. The summed E-state index contributed by atoms with van der Waals surface area (Å²) in [5.41, 5.74) is 0.105. The van der Waals surface area contributed by atoms with Gasteiger partial charge in [-0.1, -0.05) is 17.7 Å². The van der Waals surface area contributed by atoms with E-state index in [9.17, 15) is 21.6 Å². The summed E-state index contributed by atoms with van der Waals surface area (Å²) in [5, 5.41) is 0.354. The maximum Gasteiger partial charge on any atom is 0.264 e. The SMILES string of the molecule is O=S(=O)(c1ccc(Cl)cc1)N(Cc1ccc(F)cc1F)c1ccc(F)cc1. The van der Waals surface area contributed by atoms with Crippen LogP contribution in [0, 0.1) is 17.5 Å². The number of anilines is 1. The maximum atomic E-state index is 14.1. The van der Waals surface area contributed by atoms with E-state index in [0.717, 1.165) is 22.5 Å². The third-order valence-electron chi connectivity index (χ3n) is 3.85. The second kappa shape index (κ2) is 7.62. The van der Waals surface area contributed by atoms with Gasteiger partial charge in [-0.15, -0.1) is 0 Å². The highest BCUT2D eigenvalue weighted by Gasteiger charge is 2.26. The van der Waals surface area contributed by atoms with Crippen molar-refractivity contribution >= 4 is 27.3 Å². The third-order valence-corrected chi connectivity index (χ3v) is 5.89. The Balaban J connectivity index is 2.09. The van der Waals surface area contributed by atoms with Crippen LogP contribution in [-0.2, 0) is 16.6 Å². The minimum Gasteiger partial charge on any atom is -0.262 e. The summed E-state index contributed by atoms with van der Waals surface area (Å²) < 4.78 is 67.7. The number of nitrogens with zero attached hydrogens (tertiary/aromatic N) is 1. The van der Waals surface area contributed by atoms with Gasteiger partial charge in [0.15, 0.2) is 0 Å². The summed E-state index contributed by atoms with van der Waals surface area (Å²) in [5.74, 6) is -2.20. The normalized spacial score (nSPS) is 11.4. The molecule has 0 saturated carbocycles. The van der Waals surface area contributed by atoms with Gasteiger partial charge in [-0.05, 0) is 54.6 Å². The molecule has 0 spiro atoms. The monoisotopic (exact) mass is 411 g/mol. The predicted octanol–water partition coefficient (Wildman–Crippen LogP) is 5.15. The number of halogens is 4. The predicted molar refractivity (Wildman–Crippen MR) is 97.6 cm³/mol. The first-order chi connectivity index (χ1) is 12.8. The van der Waals surface area contributed by atoms with Crippen molar-refractivity contribution in [3.05, 3.63) is 94.8 Å². The largest absolute Gasteiger partial charge is 0.264 e. The smallest absolute Gasteiger partial charge is 0.262 e. The molecule has 0 radical (unpaired) electrons. The second-order valence-electron chi connectivity index (χ2n) is 5.68. The van der Waals surface area contributed by atoms with Crippen molar-refractivity contribution in [1.29, 1.82) is 0 Å². The summed E-state index contributed by atoms with van der Waals surface area (Å²) in [7, 11) is -4.12. The first kappa shape index (κ1) is 19.3. The van der Waals surface area contributed by atoms with E-state index in [2.05, 4.69) is 0 Å². The Labute approximate surface area is 159 Å². The average molecular weight is 412 g/mol. The summed E-state index contributed by atoms with van der Waals surface area (Å²) in [6.45, 7) is -0.400. The van der Waals surface area contributed by atoms with Crippen LogP contribution in [0.1, 0.15) is 5.56 Å². The van der Waals surface area contributed by atoms with Crippen molar-refractivity contribution in [1.82, 2.24) is 0 Å². The van der Waals surface area contributed by atoms with Gasteiger partial charge < -0.3 is 0 Å². The van der Waals surface area contributed by atoms with Gasteiger partial charge >= 0.3 is 0 Å². The van der Waals surface area contributed by atoms with E-state index in [4.69, 9.17) is 11.6 Å². The van der Waals surface area contributed by atoms with Crippen molar-refractivity contribution in [2.75, 3.05) is 4.31 Å². The second-order valence-corrected chi connectivity index (χ2v) is 7.98. The van der Waals surface area contributed by atoms with Gasteiger partial charge in [-0.2, -0.15) is 0 Å². The molecule has 0 unspecified atom stereocenters. The lowest BCUT2D eigenvalue weighted by Gasteiger charge is -2.25. The van der Waals surface area contributed by atoms with Crippen LogP contribution in [0.15, 0.2) is 71.6 Å². The van der Waals surface area contributed by atoms with E-state index in [1.807, 2.05) is 0 Å². The molecule has 3 rings (SSSR count). The summed E-state index contributed by atoms with van der Waals surface area (Å²) in [6.07, 6.45) is 0. The molecule has 0 aliphatic carbocycles. The molecule has 0 aliphatic rings. The molecule has 0 amide bonds. The number of sulfonamides is 1. The first-order valence-electron chi connectivity index (χ1n) is 7.75. The zero-order valence-electron chi connectivity index (χ0n) is 13.7. The highest BCUT2D eigenvalue weighted by atomic mass is 35.5. The van der Waals surface area contributed by atoms with Crippen LogP contribution in [0.4, 0.5) is 18.9 Å². The topological polar surface area (TPSA) is 37.4 Å². The van der Waals surface area contributed by atoms with Gasteiger partial charge in [0.1, 0.15) is 17.5 Å². The maximum absolute atomic E-state index is 14.1. The number of benzene rings is 3. The van der Waals surface area contributed by atoms with Gasteiger partial charge in [0.25, 0.3) is 10.0 Å². The van der Waals surface area contributed by atoms with E-state index in [0.29, 0.717) is 11.1 Å². The Hall–Kier alpha value is -2.51. The van der Waals surface area contributed by atoms with E-state index in [1.165, 1.54) is 42.5 Å². The van der Waals surface area contributed by atoms with Crippen molar-refractivity contribution in [3.8, 4) is 0 Å². The summed E-state index contributed by atoms with van der Waals surface area (Å²) in [6, 6.07) is 13.1. The van der Waals surface area contributed by atoms with Gasteiger partial charge in [0.2, 0.25) is 0 Å². The Bertz CT molecular complexity index is 1060. The van der Waals surface area contributed by atoms with Gasteiger partial charge in [0, 0.05) is 16.7 Å². The fourth-order valence-corrected chi connectivity index (χ4v) is 4.03. The Kier molecular flexibility index (Phi) is 5.43. The fourth-order valence-electron chi connectivity index (χ4n) is 2.46. The van der Waals surface area contributed by atoms with Gasteiger partial charge in [-0.3, -0.25) is 4.31 Å². The molecule has 0 bridgehead atoms. The van der Waals surface area contributed by atoms with E-state index in [-0.39, 0.29) is 16.1 Å². The van der Waals surface area contributed by atoms with Crippen LogP contribution in [0.2, 0.25) is 5.02 Å². The molecule has 27 heavy (non-hydrogen) atoms. The molecular weight excluding hydrogens is 399 g/mol. The summed E-state index contributed by atoms with van der Waals surface area (Å²) in [4.78, 5) is -0.0706. The number of hydrogen-bond acceptors (Lipinski definition) is 2. The minimum absolute atomic E-state index is 0.0294. The molecule has 3 aromatic rings. The zero-order valence-corrected chi connectivity index (χ0v) is 15.3. The van der Waals surface area contributed by atoms with E-state index in [1.54, 1.807) is 0 Å². The summed E-state index contributed by atoms with van der Waals surface area (Å²) >= 11 is 5.81. The quantitative estimate of drug-likeness (QED) is 0.582. The average Bonchev–Trinajstić information content (AvgIpc) is 2.62. The van der Waals surface area contributed by atoms with Crippen molar-refractivity contribution in [2.24, 2.45) is 0 Å². The van der Waals surface area contributed by atoms with Crippen LogP contribution in [0.3, 0.4) is 0 Å². The van der Waals surface area contributed by atoms with Crippen molar-refractivity contribution in [3.63, 3.8) is 0 Å². The molecule has 0 atom stereocenters. The van der Waals surface area contributed by atoms with Crippen LogP contribution < -0.4 is 4.31 Å². The lowest BCUT2D eigenvalue weighted by Crippen LogP contribution is -2.31. The molecule has 0 aliphatic heterocycles. The lowest BCUT2D eigenvalue weighted by atomic mass is 10.2. The molecule has 3 nitrogen and oxygen atoms in total. The Morgan fingerprint density at radius 2 is 1.41 bits per heavy atom.